The van der Waals surface area contributed by atoms with E-state index in [1.807, 2.05) is 43.3 Å². The predicted molar refractivity (Wildman–Crippen MR) is 99.9 cm³/mol. The fourth-order valence-electron chi connectivity index (χ4n) is 2.99. The van der Waals surface area contributed by atoms with Crippen LogP contribution in [0.15, 0.2) is 48.5 Å². The van der Waals surface area contributed by atoms with Crippen LogP contribution in [0.1, 0.15) is 22.8 Å². The lowest BCUT2D eigenvalue weighted by molar-refractivity contribution is 0.102. The quantitative estimate of drug-likeness (QED) is 0.937. The Balaban J connectivity index is 1.60. The van der Waals surface area contributed by atoms with Crippen LogP contribution < -0.4 is 10.2 Å². The molecule has 1 N–H and O–H groups in total. The van der Waals surface area contributed by atoms with Crippen molar-refractivity contribution in [2.24, 2.45) is 0 Å². The first-order valence-electron chi connectivity index (χ1n) is 8.61. The second-order valence-corrected chi connectivity index (χ2v) is 6.29. The SMILES string of the molecule is CCN1CCN(c2ccc(NC(=O)c3ccc(C)cc3)cc2)CC1. The van der Waals surface area contributed by atoms with E-state index in [2.05, 4.69) is 34.2 Å². The zero-order valence-corrected chi connectivity index (χ0v) is 14.5. The lowest BCUT2D eigenvalue weighted by Gasteiger charge is -2.35. The average molecular weight is 323 g/mol. The molecule has 4 heteroatoms. The minimum atomic E-state index is -0.0701. The van der Waals surface area contributed by atoms with Crippen molar-refractivity contribution in [2.75, 3.05) is 42.9 Å². The zero-order chi connectivity index (χ0) is 16.9. The van der Waals surface area contributed by atoms with E-state index in [4.69, 9.17) is 0 Å². The van der Waals surface area contributed by atoms with E-state index in [9.17, 15) is 4.79 Å². The van der Waals surface area contributed by atoms with Gasteiger partial charge in [0.05, 0.1) is 0 Å². The number of hydrogen-bond acceptors (Lipinski definition) is 3. The Kier molecular flexibility index (Phi) is 5.16. The number of aryl methyl sites for hydroxylation is 1. The van der Waals surface area contributed by atoms with Crippen LogP contribution in [0.2, 0.25) is 0 Å². The Labute approximate surface area is 144 Å². The molecule has 1 heterocycles. The molecule has 126 valence electrons. The highest BCUT2D eigenvalue weighted by molar-refractivity contribution is 6.04. The van der Waals surface area contributed by atoms with E-state index in [1.54, 1.807) is 0 Å². The maximum absolute atomic E-state index is 12.3. The third-order valence-corrected chi connectivity index (χ3v) is 4.62. The first-order chi connectivity index (χ1) is 11.7. The van der Waals surface area contributed by atoms with Crippen LogP contribution in [0.3, 0.4) is 0 Å². The molecule has 0 aromatic heterocycles. The van der Waals surface area contributed by atoms with E-state index < -0.39 is 0 Å². The van der Waals surface area contributed by atoms with Crippen molar-refractivity contribution < 1.29 is 4.79 Å². The van der Waals surface area contributed by atoms with Gasteiger partial charge in [-0.3, -0.25) is 4.79 Å². The smallest absolute Gasteiger partial charge is 0.255 e. The zero-order valence-electron chi connectivity index (χ0n) is 14.5. The van der Waals surface area contributed by atoms with Gasteiger partial charge < -0.3 is 15.1 Å². The summed E-state index contributed by atoms with van der Waals surface area (Å²) < 4.78 is 0. The number of piperazine rings is 1. The highest BCUT2D eigenvalue weighted by atomic mass is 16.1. The number of carbonyl (C=O) groups is 1. The molecule has 1 aliphatic rings. The second kappa shape index (κ2) is 7.49. The number of amides is 1. The van der Waals surface area contributed by atoms with Crippen LogP contribution in [-0.2, 0) is 0 Å². The Bertz CT molecular complexity index is 671. The maximum atomic E-state index is 12.3. The van der Waals surface area contributed by atoms with Crippen molar-refractivity contribution in [2.45, 2.75) is 13.8 Å². The molecule has 1 amide bonds. The predicted octanol–water partition coefficient (Wildman–Crippen LogP) is 3.39. The molecular formula is C20H25N3O. The summed E-state index contributed by atoms with van der Waals surface area (Å²) >= 11 is 0. The number of benzene rings is 2. The topological polar surface area (TPSA) is 35.6 Å². The monoisotopic (exact) mass is 323 g/mol. The van der Waals surface area contributed by atoms with E-state index in [0.29, 0.717) is 5.56 Å². The fourth-order valence-corrected chi connectivity index (χ4v) is 2.99. The average Bonchev–Trinajstić information content (AvgIpc) is 2.63. The molecule has 0 aliphatic carbocycles. The van der Waals surface area contributed by atoms with Crippen molar-refractivity contribution in [3.05, 3.63) is 59.7 Å². The van der Waals surface area contributed by atoms with Gasteiger partial charge in [0.25, 0.3) is 5.91 Å². The molecule has 1 aliphatic heterocycles. The number of rotatable bonds is 4. The van der Waals surface area contributed by atoms with Crippen LogP contribution in [-0.4, -0.2) is 43.5 Å². The van der Waals surface area contributed by atoms with E-state index >= 15 is 0 Å². The minimum absolute atomic E-state index is 0.0701. The van der Waals surface area contributed by atoms with Crippen molar-refractivity contribution in [3.8, 4) is 0 Å². The highest BCUT2D eigenvalue weighted by Gasteiger charge is 2.15. The number of nitrogens with one attached hydrogen (secondary N) is 1. The molecular weight excluding hydrogens is 298 g/mol. The summed E-state index contributed by atoms with van der Waals surface area (Å²) in [4.78, 5) is 17.1. The normalized spacial score (nSPS) is 15.3. The molecule has 1 saturated heterocycles. The number of anilines is 2. The Morgan fingerprint density at radius 3 is 2.17 bits per heavy atom. The molecule has 1 fully saturated rings. The number of likely N-dealkylation sites (N-methyl/N-ethyl adjacent to an activating group) is 1. The van der Waals surface area contributed by atoms with E-state index in [0.717, 1.165) is 44.0 Å². The molecule has 2 aromatic carbocycles. The van der Waals surface area contributed by atoms with Gasteiger partial charge in [0, 0.05) is 43.1 Å². The molecule has 4 nitrogen and oxygen atoms in total. The summed E-state index contributed by atoms with van der Waals surface area (Å²) in [5, 5.41) is 2.96. The molecule has 0 atom stereocenters. The van der Waals surface area contributed by atoms with Gasteiger partial charge in [-0.25, -0.2) is 0 Å². The second-order valence-electron chi connectivity index (χ2n) is 6.29. The van der Waals surface area contributed by atoms with Gasteiger partial charge in [-0.05, 0) is 49.9 Å². The molecule has 0 bridgehead atoms. The largest absolute Gasteiger partial charge is 0.369 e. The third kappa shape index (κ3) is 3.95. The molecule has 3 rings (SSSR count). The Hall–Kier alpha value is -2.33. The molecule has 0 unspecified atom stereocenters. The number of hydrogen-bond donors (Lipinski definition) is 1. The molecule has 0 saturated carbocycles. The molecule has 0 radical (unpaired) electrons. The van der Waals surface area contributed by atoms with Gasteiger partial charge >= 0.3 is 0 Å². The lowest BCUT2D eigenvalue weighted by atomic mass is 10.1. The summed E-state index contributed by atoms with van der Waals surface area (Å²) in [7, 11) is 0. The fraction of sp³-hybridized carbons (Fsp3) is 0.350. The van der Waals surface area contributed by atoms with E-state index in [-0.39, 0.29) is 5.91 Å². The van der Waals surface area contributed by atoms with Gasteiger partial charge in [0.2, 0.25) is 0 Å². The van der Waals surface area contributed by atoms with E-state index in [1.165, 1.54) is 5.69 Å². The van der Waals surface area contributed by atoms with Crippen LogP contribution >= 0.6 is 0 Å². The first kappa shape index (κ1) is 16.5. The number of nitrogens with zero attached hydrogens (tertiary/aromatic N) is 2. The molecule has 0 spiro atoms. The summed E-state index contributed by atoms with van der Waals surface area (Å²) in [5.41, 5.74) is 3.88. The lowest BCUT2D eigenvalue weighted by Crippen LogP contribution is -2.46. The van der Waals surface area contributed by atoms with Crippen LogP contribution in [0, 0.1) is 6.92 Å². The standard InChI is InChI=1S/C20H25N3O/c1-3-22-12-14-23(15-13-22)19-10-8-18(9-11-19)21-20(24)17-6-4-16(2)5-7-17/h4-11H,3,12-15H2,1-2H3,(H,21,24). The van der Waals surface area contributed by atoms with Gasteiger partial charge in [-0.1, -0.05) is 24.6 Å². The Morgan fingerprint density at radius 2 is 1.58 bits per heavy atom. The van der Waals surface area contributed by atoms with Crippen molar-refractivity contribution in [1.82, 2.24) is 4.90 Å². The van der Waals surface area contributed by atoms with Gasteiger partial charge in [0.15, 0.2) is 0 Å². The summed E-state index contributed by atoms with van der Waals surface area (Å²) in [6.45, 7) is 9.69. The van der Waals surface area contributed by atoms with Gasteiger partial charge in [0.1, 0.15) is 0 Å². The first-order valence-corrected chi connectivity index (χ1v) is 8.61. The summed E-state index contributed by atoms with van der Waals surface area (Å²) in [6, 6.07) is 15.8. The van der Waals surface area contributed by atoms with Crippen LogP contribution in [0.25, 0.3) is 0 Å². The molecule has 24 heavy (non-hydrogen) atoms. The maximum Gasteiger partial charge on any atom is 0.255 e. The van der Waals surface area contributed by atoms with Gasteiger partial charge in [-0.2, -0.15) is 0 Å². The highest BCUT2D eigenvalue weighted by Crippen LogP contribution is 2.20. The summed E-state index contributed by atoms with van der Waals surface area (Å²) in [5.74, 6) is -0.0701. The van der Waals surface area contributed by atoms with Crippen molar-refractivity contribution >= 4 is 17.3 Å². The van der Waals surface area contributed by atoms with Crippen LogP contribution in [0.5, 0.6) is 0 Å². The number of carbonyl (C=O) groups excluding carboxylic acids is 1. The Morgan fingerprint density at radius 1 is 0.958 bits per heavy atom. The van der Waals surface area contributed by atoms with Crippen molar-refractivity contribution in [3.63, 3.8) is 0 Å². The van der Waals surface area contributed by atoms with Crippen molar-refractivity contribution in [1.29, 1.82) is 0 Å². The summed E-state index contributed by atoms with van der Waals surface area (Å²) in [6.07, 6.45) is 0. The van der Waals surface area contributed by atoms with Crippen LogP contribution in [0.4, 0.5) is 11.4 Å². The van der Waals surface area contributed by atoms with Gasteiger partial charge in [-0.15, -0.1) is 0 Å². The minimum Gasteiger partial charge on any atom is -0.369 e. The third-order valence-electron chi connectivity index (χ3n) is 4.62. The molecule has 2 aromatic rings.